The zero-order valence-electron chi connectivity index (χ0n) is 11.8. The second-order valence-electron chi connectivity index (χ2n) is 5.17. The summed E-state index contributed by atoms with van der Waals surface area (Å²) < 4.78 is 32.7. The molecule has 1 aliphatic heterocycles. The molecule has 2 N–H and O–H groups in total. The summed E-state index contributed by atoms with van der Waals surface area (Å²) >= 11 is 9.34. The van der Waals surface area contributed by atoms with Crippen molar-refractivity contribution in [2.75, 3.05) is 13.7 Å². The van der Waals surface area contributed by atoms with E-state index in [4.69, 9.17) is 22.1 Å². The molecule has 2 rings (SSSR count). The summed E-state index contributed by atoms with van der Waals surface area (Å²) in [6, 6.07) is 2.90. The zero-order valence-corrected chi connectivity index (χ0v) is 15.0. The number of hydrogen-bond acceptors (Lipinski definition) is 4. The molecule has 1 aliphatic rings. The van der Waals surface area contributed by atoms with Crippen LogP contribution in [0.4, 0.5) is 0 Å². The Morgan fingerprint density at radius 3 is 2.71 bits per heavy atom. The van der Waals surface area contributed by atoms with Crippen LogP contribution in [0.1, 0.15) is 19.8 Å². The third-order valence-electron chi connectivity index (χ3n) is 3.65. The number of sulfonamides is 1. The highest BCUT2D eigenvalue weighted by molar-refractivity contribution is 9.10. The maximum Gasteiger partial charge on any atom is 0.244 e. The van der Waals surface area contributed by atoms with Crippen molar-refractivity contribution in [1.82, 2.24) is 4.31 Å². The first-order chi connectivity index (χ1) is 9.77. The number of benzene rings is 1. The first-order valence-corrected chi connectivity index (χ1v) is 9.19. The molecule has 118 valence electrons. The summed E-state index contributed by atoms with van der Waals surface area (Å²) in [6.45, 7) is 2.29. The second-order valence-corrected chi connectivity index (χ2v) is 8.29. The fourth-order valence-electron chi connectivity index (χ4n) is 2.53. The first kappa shape index (κ1) is 17.0. The molecular formula is C13H18BrClN2O3S. The fourth-order valence-corrected chi connectivity index (χ4v) is 5.51. The SMILES string of the molecule is COc1cc(Br)c(S(=O)(=O)N2CC[C@H](N)C[C@@H]2C)cc1Cl. The largest absolute Gasteiger partial charge is 0.495 e. The van der Waals surface area contributed by atoms with Gasteiger partial charge in [-0.05, 0) is 47.8 Å². The van der Waals surface area contributed by atoms with E-state index in [0.29, 0.717) is 29.6 Å². The molecule has 1 aromatic carbocycles. The lowest BCUT2D eigenvalue weighted by atomic mass is 10.0. The van der Waals surface area contributed by atoms with Gasteiger partial charge in [-0.3, -0.25) is 0 Å². The molecule has 0 spiro atoms. The van der Waals surface area contributed by atoms with Crippen LogP contribution in [0.15, 0.2) is 21.5 Å². The van der Waals surface area contributed by atoms with Crippen LogP contribution in [-0.2, 0) is 10.0 Å². The van der Waals surface area contributed by atoms with Gasteiger partial charge in [0, 0.05) is 23.1 Å². The Balaban J connectivity index is 2.42. The third-order valence-corrected chi connectivity index (χ3v) is 6.92. The standard InChI is InChI=1S/C13H18BrClN2O3S/c1-8-5-9(16)3-4-17(8)21(18,19)13-7-11(15)12(20-2)6-10(13)14/h6-9H,3-5,16H2,1-2H3/t8-,9-/m0/s1. The molecule has 0 amide bonds. The molecule has 0 bridgehead atoms. The van der Waals surface area contributed by atoms with E-state index in [-0.39, 0.29) is 22.0 Å². The number of piperidine rings is 1. The predicted octanol–water partition coefficient (Wildman–Crippen LogP) is 2.61. The molecule has 0 radical (unpaired) electrons. The van der Waals surface area contributed by atoms with E-state index >= 15 is 0 Å². The molecule has 5 nitrogen and oxygen atoms in total. The minimum Gasteiger partial charge on any atom is -0.495 e. The Hall–Kier alpha value is -0.340. The number of rotatable bonds is 3. The summed E-state index contributed by atoms with van der Waals surface area (Å²) in [5.74, 6) is 0.427. The molecular weight excluding hydrogens is 380 g/mol. The number of nitrogens with two attached hydrogens (primary N) is 1. The minimum absolute atomic E-state index is 0.0503. The molecule has 21 heavy (non-hydrogen) atoms. The number of nitrogens with zero attached hydrogens (tertiary/aromatic N) is 1. The van der Waals surface area contributed by atoms with Crippen molar-refractivity contribution in [1.29, 1.82) is 0 Å². The van der Waals surface area contributed by atoms with E-state index in [1.807, 2.05) is 6.92 Å². The lowest BCUT2D eigenvalue weighted by molar-refractivity contribution is 0.247. The quantitative estimate of drug-likeness (QED) is 0.851. The monoisotopic (exact) mass is 396 g/mol. The lowest BCUT2D eigenvalue weighted by Crippen LogP contribution is -2.48. The molecule has 0 unspecified atom stereocenters. The van der Waals surface area contributed by atoms with Crippen LogP contribution in [0.2, 0.25) is 5.02 Å². The van der Waals surface area contributed by atoms with Gasteiger partial charge in [0.25, 0.3) is 0 Å². The summed E-state index contributed by atoms with van der Waals surface area (Å²) in [6.07, 6.45) is 1.31. The molecule has 0 saturated carbocycles. The normalized spacial score (nSPS) is 24.0. The van der Waals surface area contributed by atoms with Crippen molar-refractivity contribution in [2.45, 2.75) is 36.7 Å². The smallest absolute Gasteiger partial charge is 0.244 e. The summed E-state index contributed by atoms with van der Waals surface area (Å²) in [5.41, 5.74) is 5.89. The fraction of sp³-hybridized carbons (Fsp3) is 0.538. The van der Waals surface area contributed by atoms with Gasteiger partial charge in [-0.2, -0.15) is 4.31 Å². The third kappa shape index (κ3) is 3.37. The second kappa shape index (κ2) is 6.42. The summed E-state index contributed by atoms with van der Waals surface area (Å²) in [5, 5.41) is 0.264. The van der Waals surface area contributed by atoms with Crippen molar-refractivity contribution in [2.24, 2.45) is 5.73 Å². The Labute approximate surface area is 138 Å². The topological polar surface area (TPSA) is 72.6 Å². The average molecular weight is 398 g/mol. The average Bonchev–Trinajstić information content (AvgIpc) is 2.40. The van der Waals surface area contributed by atoms with Gasteiger partial charge in [0.15, 0.2) is 0 Å². The van der Waals surface area contributed by atoms with E-state index in [1.54, 1.807) is 6.07 Å². The van der Waals surface area contributed by atoms with Crippen LogP contribution in [0, 0.1) is 0 Å². The Bertz CT molecular complexity index is 639. The molecule has 1 aromatic rings. The van der Waals surface area contributed by atoms with Gasteiger partial charge in [-0.25, -0.2) is 8.42 Å². The van der Waals surface area contributed by atoms with Crippen LogP contribution in [0.5, 0.6) is 5.75 Å². The van der Waals surface area contributed by atoms with E-state index < -0.39 is 10.0 Å². The highest BCUT2D eigenvalue weighted by atomic mass is 79.9. The van der Waals surface area contributed by atoms with Gasteiger partial charge < -0.3 is 10.5 Å². The highest BCUT2D eigenvalue weighted by Crippen LogP contribution is 2.36. The number of methoxy groups -OCH3 is 1. The van der Waals surface area contributed by atoms with Gasteiger partial charge in [-0.15, -0.1) is 0 Å². The first-order valence-electron chi connectivity index (χ1n) is 6.57. The predicted molar refractivity (Wildman–Crippen MR) is 86.3 cm³/mol. The Morgan fingerprint density at radius 1 is 1.48 bits per heavy atom. The molecule has 1 saturated heterocycles. The van der Waals surface area contributed by atoms with Crippen molar-refractivity contribution in [3.05, 3.63) is 21.6 Å². The van der Waals surface area contributed by atoms with Gasteiger partial charge in [0.2, 0.25) is 10.0 Å². The van der Waals surface area contributed by atoms with Crippen LogP contribution >= 0.6 is 27.5 Å². The summed E-state index contributed by atoms with van der Waals surface area (Å²) in [7, 11) is -2.14. The van der Waals surface area contributed by atoms with Crippen molar-refractivity contribution < 1.29 is 13.2 Å². The zero-order chi connectivity index (χ0) is 15.8. The Morgan fingerprint density at radius 2 is 2.14 bits per heavy atom. The van der Waals surface area contributed by atoms with E-state index in [9.17, 15) is 8.42 Å². The summed E-state index contributed by atoms with van der Waals surface area (Å²) in [4.78, 5) is 0.149. The molecule has 0 aliphatic carbocycles. The maximum atomic E-state index is 12.8. The van der Waals surface area contributed by atoms with Gasteiger partial charge in [-0.1, -0.05) is 11.6 Å². The van der Waals surface area contributed by atoms with Crippen LogP contribution in [0.25, 0.3) is 0 Å². The van der Waals surface area contributed by atoms with Gasteiger partial charge in [0.1, 0.15) is 5.75 Å². The Kier molecular flexibility index (Phi) is 5.20. The van der Waals surface area contributed by atoms with Crippen LogP contribution in [-0.4, -0.2) is 38.5 Å². The van der Waals surface area contributed by atoms with Crippen LogP contribution in [0.3, 0.4) is 0 Å². The van der Waals surface area contributed by atoms with Crippen molar-refractivity contribution in [3.8, 4) is 5.75 Å². The number of ether oxygens (including phenoxy) is 1. The molecule has 2 atom stereocenters. The van der Waals surface area contributed by atoms with Crippen LogP contribution < -0.4 is 10.5 Å². The number of hydrogen-bond donors (Lipinski definition) is 1. The van der Waals surface area contributed by atoms with Gasteiger partial charge >= 0.3 is 0 Å². The molecule has 1 fully saturated rings. The molecule has 0 aromatic heterocycles. The van der Waals surface area contributed by atoms with E-state index in [1.165, 1.54) is 17.5 Å². The lowest BCUT2D eigenvalue weighted by Gasteiger charge is -2.35. The van der Waals surface area contributed by atoms with Crippen molar-refractivity contribution in [3.63, 3.8) is 0 Å². The molecule has 8 heteroatoms. The highest BCUT2D eigenvalue weighted by Gasteiger charge is 2.35. The van der Waals surface area contributed by atoms with Crippen molar-refractivity contribution >= 4 is 37.6 Å². The minimum atomic E-state index is -3.62. The maximum absolute atomic E-state index is 12.8. The van der Waals surface area contributed by atoms with E-state index in [2.05, 4.69) is 15.9 Å². The number of halogens is 2. The van der Waals surface area contributed by atoms with Gasteiger partial charge in [0.05, 0.1) is 17.0 Å². The molecule has 1 heterocycles. The van der Waals surface area contributed by atoms with E-state index in [0.717, 1.165) is 0 Å².